The van der Waals surface area contributed by atoms with E-state index >= 15 is 0 Å². The number of nitrogens with one attached hydrogen (secondary N) is 1. The molecule has 0 unspecified atom stereocenters. The van der Waals surface area contributed by atoms with Gasteiger partial charge in [-0.2, -0.15) is 0 Å². The molecule has 0 radical (unpaired) electrons. The molecule has 112 valence electrons. The van der Waals surface area contributed by atoms with Crippen molar-refractivity contribution >= 4 is 0 Å². The second-order valence-corrected chi connectivity index (χ2v) is 4.69. The molecule has 0 atom stereocenters. The Morgan fingerprint density at radius 3 is 2.67 bits per heavy atom. The zero-order valence-corrected chi connectivity index (χ0v) is 12.6. The van der Waals surface area contributed by atoms with Crippen LogP contribution in [0.2, 0.25) is 0 Å². The Kier molecular flexibility index (Phi) is 6.03. The Hall–Kier alpha value is -2.07. The highest BCUT2D eigenvalue weighted by Crippen LogP contribution is 2.24. The van der Waals surface area contributed by atoms with Crippen LogP contribution >= 0.6 is 0 Å². The van der Waals surface area contributed by atoms with Gasteiger partial charge in [-0.3, -0.25) is 0 Å². The van der Waals surface area contributed by atoms with E-state index in [4.69, 9.17) is 9.47 Å². The summed E-state index contributed by atoms with van der Waals surface area (Å²) in [7, 11) is 0. The third-order valence-corrected chi connectivity index (χ3v) is 2.89. The number of pyridine rings is 1. The molecule has 0 saturated carbocycles. The average Bonchev–Trinajstić information content (AvgIpc) is 2.50. The monoisotopic (exact) mass is 286 g/mol. The minimum Gasteiger partial charge on any atom is -0.494 e. The van der Waals surface area contributed by atoms with Crippen molar-refractivity contribution in [1.82, 2.24) is 10.3 Å². The van der Waals surface area contributed by atoms with Crippen LogP contribution in [0, 0.1) is 0 Å². The second-order valence-electron chi connectivity index (χ2n) is 4.69. The van der Waals surface area contributed by atoms with Gasteiger partial charge in [0.15, 0.2) is 0 Å². The van der Waals surface area contributed by atoms with Crippen molar-refractivity contribution in [2.45, 2.75) is 26.8 Å². The van der Waals surface area contributed by atoms with Crippen LogP contribution in [0.5, 0.6) is 17.4 Å². The lowest BCUT2D eigenvalue weighted by atomic mass is 10.3. The molecule has 1 N–H and O–H groups in total. The molecule has 2 aromatic rings. The number of rotatable bonds is 8. The van der Waals surface area contributed by atoms with Crippen molar-refractivity contribution in [3.05, 3.63) is 48.2 Å². The second kappa shape index (κ2) is 8.27. The van der Waals surface area contributed by atoms with Crippen molar-refractivity contribution in [2.75, 3.05) is 13.2 Å². The van der Waals surface area contributed by atoms with E-state index in [-0.39, 0.29) is 0 Å². The minimum atomic E-state index is 0.586. The molecule has 0 saturated heterocycles. The smallest absolute Gasteiger partial charge is 0.219 e. The Morgan fingerprint density at radius 1 is 1.10 bits per heavy atom. The number of aromatic nitrogens is 1. The Labute approximate surface area is 126 Å². The van der Waals surface area contributed by atoms with E-state index in [1.807, 2.05) is 49.5 Å². The molecule has 1 heterocycles. The third-order valence-electron chi connectivity index (χ3n) is 2.89. The number of hydrogen-bond acceptors (Lipinski definition) is 4. The van der Waals surface area contributed by atoms with Crippen molar-refractivity contribution in [3.63, 3.8) is 0 Å². The van der Waals surface area contributed by atoms with Gasteiger partial charge in [-0.15, -0.1) is 0 Å². The molecule has 2 rings (SSSR count). The molecule has 21 heavy (non-hydrogen) atoms. The number of hydrogen-bond donors (Lipinski definition) is 1. The van der Waals surface area contributed by atoms with Gasteiger partial charge in [-0.05, 0) is 37.6 Å². The summed E-state index contributed by atoms with van der Waals surface area (Å²) in [6.07, 6.45) is 2.97. The van der Waals surface area contributed by atoms with E-state index in [9.17, 15) is 0 Å². The van der Waals surface area contributed by atoms with Crippen LogP contribution in [0.1, 0.15) is 25.8 Å². The van der Waals surface area contributed by atoms with Crippen molar-refractivity contribution < 1.29 is 9.47 Å². The fourth-order valence-corrected chi connectivity index (χ4v) is 1.90. The number of ether oxygens (including phenoxy) is 2. The van der Waals surface area contributed by atoms with E-state index in [2.05, 4.69) is 17.2 Å². The molecule has 1 aromatic carbocycles. The van der Waals surface area contributed by atoms with Crippen molar-refractivity contribution in [1.29, 1.82) is 0 Å². The van der Waals surface area contributed by atoms with Crippen LogP contribution in [0.15, 0.2) is 42.6 Å². The van der Waals surface area contributed by atoms with Gasteiger partial charge < -0.3 is 14.8 Å². The molecule has 0 aliphatic rings. The average molecular weight is 286 g/mol. The number of benzene rings is 1. The minimum absolute atomic E-state index is 0.586. The van der Waals surface area contributed by atoms with Crippen LogP contribution in [0.4, 0.5) is 0 Å². The maximum Gasteiger partial charge on any atom is 0.219 e. The zero-order chi connectivity index (χ0) is 14.9. The first-order chi connectivity index (χ1) is 10.3. The van der Waals surface area contributed by atoms with Gasteiger partial charge in [0.05, 0.1) is 6.61 Å². The molecule has 4 nitrogen and oxygen atoms in total. The van der Waals surface area contributed by atoms with Crippen LogP contribution in [0.3, 0.4) is 0 Å². The maximum absolute atomic E-state index is 5.73. The van der Waals surface area contributed by atoms with E-state index in [0.717, 1.165) is 36.6 Å². The van der Waals surface area contributed by atoms with E-state index in [1.165, 1.54) is 0 Å². The molecular weight excluding hydrogens is 264 g/mol. The van der Waals surface area contributed by atoms with E-state index < -0.39 is 0 Å². The van der Waals surface area contributed by atoms with E-state index in [1.54, 1.807) is 0 Å². The van der Waals surface area contributed by atoms with Gasteiger partial charge in [0.2, 0.25) is 5.88 Å². The summed E-state index contributed by atoms with van der Waals surface area (Å²) in [5, 5.41) is 3.34. The first-order valence-corrected chi connectivity index (χ1v) is 7.38. The first kappa shape index (κ1) is 15.3. The molecule has 0 aliphatic carbocycles. The van der Waals surface area contributed by atoms with Gasteiger partial charge in [-0.25, -0.2) is 4.98 Å². The normalized spacial score (nSPS) is 10.4. The summed E-state index contributed by atoms with van der Waals surface area (Å²) in [5.74, 6) is 2.11. The first-order valence-electron chi connectivity index (χ1n) is 7.38. The Balaban J connectivity index is 1.95. The summed E-state index contributed by atoms with van der Waals surface area (Å²) in [5.41, 5.74) is 1.15. The van der Waals surface area contributed by atoms with E-state index in [0.29, 0.717) is 12.5 Å². The summed E-state index contributed by atoms with van der Waals surface area (Å²) in [6.45, 7) is 6.60. The highest BCUT2D eigenvalue weighted by atomic mass is 16.5. The maximum atomic E-state index is 5.73. The van der Waals surface area contributed by atoms with Crippen molar-refractivity contribution in [2.24, 2.45) is 0 Å². The standard InChI is InChI=1S/C17H22N2O2/c1-3-10-18-12-14-8-9-17(19-13-14)21-16-7-5-6-15(11-16)20-4-2/h5-9,11,13,18H,3-4,10,12H2,1-2H3. The SMILES string of the molecule is CCCNCc1ccc(Oc2cccc(OCC)c2)nc1. The van der Waals surface area contributed by atoms with Crippen LogP contribution < -0.4 is 14.8 Å². The molecule has 0 aliphatic heterocycles. The van der Waals surface area contributed by atoms with Crippen molar-refractivity contribution in [3.8, 4) is 17.4 Å². The zero-order valence-electron chi connectivity index (χ0n) is 12.6. The summed E-state index contributed by atoms with van der Waals surface area (Å²) < 4.78 is 11.2. The Morgan fingerprint density at radius 2 is 1.95 bits per heavy atom. The van der Waals surface area contributed by atoms with Gasteiger partial charge >= 0.3 is 0 Å². The lowest BCUT2D eigenvalue weighted by molar-refractivity contribution is 0.338. The van der Waals surface area contributed by atoms with Crippen LogP contribution in [-0.4, -0.2) is 18.1 Å². The predicted octanol–water partition coefficient (Wildman–Crippen LogP) is 3.77. The fourth-order valence-electron chi connectivity index (χ4n) is 1.90. The molecular formula is C17H22N2O2. The summed E-state index contributed by atoms with van der Waals surface area (Å²) in [4.78, 5) is 4.33. The molecule has 0 fully saturated rings. The predicted molar refractivity (Wildman–Crippen MR) is 83.9 cm³/mol. The molecule has 0 spiro atoms. The largest absolute Gasteiger partial charge is 0.494 e. The Bertz CT molecular complexity index is 541. The molecule has 4 heteroatoms. The molecule has 0 amide bonds. The lowest BCUT2D eigenvalue weighted by Gasteiger charge is -2.08. The highest BCUT2D eigenvalue weighted by molar-refractivity contribution is 5.35. The fraction of sp³-hybridized carbons (Fsp3) is 0.353. The topological polar surface area (TPSA) is 43.4 Å². The molecule has 1 aromatic heterocycles. The van der Waals surface area contributed by atoms with Gasteiger partial charge in [0, 0.05) is 24.9 Å². The van der Waals surface area contributed by atoms with Crippen LogP contribution in [-0.2, 0) is 6.54 Å². The highest BCUT2D eigenvalue weighted by Gasteiger charge is 2.01. The summed E-state index contributed by atoms with van der Waals surface area (Å²) >= 11 is 0. The lowest BCUT2D eigenvalue weighted by Crippen LogP contribution is -2.13. The van der Waals surface area contributed by atoms with Crippen LogP contribution in [0.25, 0.3) is 0 Å². The third kappa shape index (κ3) is 5.08. The quantitative estimate of drug-likeness (QED) is 0.750. The summed E-state index contributed by atoms with van der Waals surface area (Å²) in [6, 6.07) is 11.5. The van der Waals surface area contributed by atoms with Gasteiger partial charge in [0.25, 0.3) is 0 Å². The number of nitrogens with zero attached hydrogens (tertiary/aromatic N) is 1. The molecule has 0 bridgehead atoms. The van der Waals surface area contributed by atoms with Gasteiger partial charge in [-0.1, -0.05) is 19.1 Å². The van der Waals surface area contributed by atoms with Gasteiger partial charge in [0.1, 0.15) is 11.5 Å².